The predicted molar refractivity (Wildman–Crippen MR) is 92.2 cm³/mol. The molecule has 0 spiro atoms. The van der Waals surface area contributed by atoms with E-state index in [1.807, 2.05) is 39.0 Å². The lowest BCUT2D eigenvalue weighted by molar-refractivity contribution is -0.128. The minimum Gasteiger partial charge on any atom is -0.347 e. The van der Waals surface area contributed by atoms with Crippen molar-refractivity contribution in [1.29, 1.82) is 0 Å². The molecule has 2 atom stereocenters. The van der Waals surface area contributed by atoms with Crippen LogP contribution in [-0.4, -0.2) is 30.4 Å². The van der Waals surface area contributed by atoms with Crippen LogP contribution in [0.2, 0.25) is 5.02 Å². The normalized spacial score (nSPS) is 23.4. The van der Waals surface area contributed by atoms with E-state index in [1.54, 1.807) is 0 Å². The molecule has 4 heteroatoms. The number of hydrogen-bond acceptors (Lipinski definition) is 2. The number of likely N-dealkylation sites (tertiary alicyclic amines) is 1. The van der Waals surface area contributed by atoms with Crippen molar-refractivity contribution >= 4 is 17.5 Å². The van der Waals surface area contributed by atoms with Gasteiger partial charge in [0.2, 0.25) is 5.91 Å². The highest BCUT2D eigenvalue weighted by Crippen LogP contribution is 2.29. The van der Waals surface area contributed by atoms with E-state index in [1.165, 1.54) is 0 Å². The van der Waals surface area contributed by atoms with Gasteiger partial charge >= 0.3 is 0 Å². The van der Waals surface area contributed by atoms with Crippen LogP contribution in [0.5, 0.6) is 0 Å². The molecule has 122 valence electrons. The number of carbonyl (C=O) groups is 1. The number of benzene rings is 1. The summed E-state index contributed by atoms with van der Waals surface area (Å²) in [6, 6.07) is 6.42. The van der Waals surface area contributed by atoms with Crippen LogP contribution >= 0.6 is 11.6 Å². The molecule has 22 heavy (non-hydrogen) atoms. The van der Waals surface area contributed by atoms with Crippen molar-refractivity contribution in [2.45, 2.75) is 52.1 Å². The first-order chi connectivity index (χ1) is 10.2. The van der Waals surface area contributed by atoms with Crippen LogP contribution in [0, 0.1) is 12.8 Å². The molecule has 1 aliphatic rings. The largest absolute Gasteiger partial charge is 0.347 e. The summed E-state index contributed by atoms with van der Waals surface area (Å²) in [5, 5.41) is 3.96. The van der Waals surface area contributed by atoms with Gasteiger partial charge < -0.3 is 10.2 Å². The molecule has 3 nitrogen and oxygen atoms in total. The van der Waals surface area contributed by atoms with Gasteiger partial charge in [-0.3, -0.25) is 4.79 Å². The van der Waals surface area contributed by atoms with Crippen LogP contribution in [-0.2, 0) is 10.3 Å². The quantitative estimate of drug-likeness (QED) is 0.919. The zero-order valence-corrected chi connectivity index (χ0v) is 15.0. The van der Waals surface area contributed by atoms with Gasteiger partial charge in [-0.2, -0.15) is 0 Å². The summed E-state index contributed by atoms with van der Waals surface area (Å²) in [6.07, 6.45) is 2.03. The first-order valence-corrected chi connectivity index (χ1v) is 8.38. The maximum absolute atomic E-state index is 12.7. The van der Waals surface area contributed by atoms with Gasteiger partial charge in [0.15, 0.2) is 0 Å². The monoisotopic (exact) mass is 322 g/mol. The van der Waals surface area contributed by atoms with Gasteiger partial charge in [0.05, 0.1) is 11.5 Å². The second-order valence-electron chi connectivity index (χ2n) is 7.09. The first-order valence-electron chi connectivity index (χ1n) is 8.00. The van der Waals surface area contributed by atoms with E-state index < -0.39 is 5.54 Å². The van der Waals surface area contributed by atoms with Gasteiger partial charge in [0.1, 0.15) is 0 Å². The molecule has 1 saturated heterocycles. The Hall–Kier alpha value is -1.06. The van der Waals surface area contributed by atoms with Crippen molar-refractivity contribution in [3.05, 3.63) is 34.3 Å². The van der Waals surface area contributed by atoms with Crippen LogP contribution in [0.25, 0.3) is 0 Å². The molecule has 1 aromatic carbocycles. The third-order valence-corrected chi connectivity index (χ3v) is 5.35. The molecule has 1 N–H and O–H groups in total. The van der Waals surface area contributed by atoms with Crippen LogP contribution < -0.4 is 5.32 Å². The van der Waals surface area contributed by atoms with E-state index in [0.29, 0.717) is 6.04 Å². The molecule has 1 aromatic rings. The van der Waals surface area contributed by atoms with Crippen molar-refractivity contribution < 1.29 is 4.79 Å². The highest BCUT2D eigenvalue weighted by atomic mass is 35.5. The molecule has 1 amide bonds. The van der Waals surface area contributed by atoms with Crippen molar-refractivity contribution in [3.63, 3.8) is 0 Å². The van der Waals surface area contributed by atoms with Gasteiger partial charge in [-0.15, -0.1) is 0 Å². The average molecular weight is 323 g/mol. The number of rotatable bonds is 3. The highest BCUT2D eigenvalue weighted by molar-refractivity contribution is 6.31. The van der Waals surface area contributed by atoms with Crippen LogP contribution in [0.1, 0.15) is 44.7 Å². The number of piperidine rings is 1. The fraction of sp³-hybridized carbons (Fsp3) is 0.611. The number of nitrogens with zero attached hydrogens (tertiary/aromatic N) is 1. The molecule has 2 rings (SSSR count). The smallest absolute Gasteiger partial charge is 0.225 e. The third-order valence-electron chi connectivity index (χ3n) is 4.94. The number of nitrogens with one attached hydrogen (secondary N) is 1. The van der Waals surface area contributed by atoms with E-state index in [0.717, 1.165) is 35.5 Å². The maximum Gasteiger partial charge on any atom is 0.225 e. The van der Waals surface area contributed by atoms with Crippen LogP contribution in [0.3, 0.4) is 0 Å². The lowest BCUT2D eigenvalue weighted by Gasteiger charge is -2.37. The first kappa shape index (κ1) is 17.3. The van der Waals surface area contributed by atoms with Gasteiger partial charge in [-0.05, 0) is 64.8 Å². The van der Waals surface area contributed by atoms with Gasteiger partial charge in [-0.25, -0.2) is 0 Å². The summed E-state index contributed by atoms with van der Waals surface area (Å²) < 4.78 is 0. The Labute approximate surface area is 139 Å². The lowest BCUT2D eigenvalue weighted by atomic mass is 9.88. The molecular weight excluding hydrogens is 296 g/mol. The standard InChI is InChI=1S/C18H27ClN2O/c1-12-9-10-14(11-21(12)5)17(22)20-18(3,4)15-7-6-8-16(19)13(15)2/h6-8,12,14H,9-11H2,1-5H3,(H,20,22)/t12-,14+/m1/s1. The van der Waals surface area contributed by atoms with Gasteiger partial charge in [0, 0.05) is 17.6 Å². The van der Waals surface area contributed by atoms with E-state index in [9.17, 15) is 4.79 Å². The second-order valence-corrected chi connectivity index (χ2v) is 7.50. The predicted octanol–water partition coefficient (Wildman–Crippen LogP) is 3.73. The molecule has 0 bridgehead atoms. The minimum atomic E-state index is -0.423. The molecule has 1 aliphatic heterocycles. The fourth-order valence-corrected chi connectivity index (χ4v) is 3.43. The number of hydrogen-bond donors (Lipinski definition) is 1. The van der Waals surface area contributed by atoms with Crippen molar-refractivity contribution in [1.82, 2.24) is 10.2 Å². The van der Waals surface area contributed by atoms with Crippen LogP contribution in [0.15, 0.2) is 18.2 Å². The van der Waals surface area contributed by atoms with Crippen molar-refractivity contribution in [3.8, 4) is 0 Å². The second kappa shape index (κ2) is 6.59. The molecule has 0 aromatic heterocycles. The number of halogens is 1. The SMILES string of the molecule is Cc1c(Cl)cccc1C(C)(C)NC(=O)[C@H]1CC[C@@H](C)N(C)C1. The summed E-state index contributed by atoms with van der Waals surface area (Å²) in [5.41, 5.74) is 1.68. The summed E-state index contributed by atoms with van der Waals surface area (Å²) in [7, 11) is 2.09. The van der Waals surface area contributed by atoms with Crippen molar-refractivity contribution in [2.75, 3.05) is 13.6 Å². The minimum absolute atomic E-state index is 0.0694. The van der Waals surface area contributed by atoms with Crippen molar-refractivity contribution in [2.24, 2.45) is 5.92 Å². The zero-order chi connectivity index (χ0) is 16.5. The van der Waals surface area contributed by atoms with Gasteiger partial charge in [0.25, 0.3) is 0 Å². The van der Waals surface area contributed by atoms with Crippen LogP contribution in [0.4, 0.5) is 0 Å². The average Bonchev–Trinajstić information content (AvgIpc) is 2.44. The third kappa shape index (κ3) is 3.64. The summed E-state index contributed by atoms with van der Waals surface area (Å²) in [4.78, 5) is 14.9. The Morgan fingerprint density at radius 3 is 2.68 bits per heavy atom. The van der Waals surface area contributed by atoms with Gasteiger partial charge in [-0.1, -0.05) is 23.7 Å². The van der Waals surface area contributed by atoms with E-state index in [4.69, 9.17) is 11.6 Å². The number of amides is 1. The Balaban J connectivity index is 2.11. The van der Waals surface area contributed by atoms with E-state index in [2.05, 4.69) is 24.2 Å². The molecule has 0 radical (unpaired) electrons. The fourth-order valence-electron chi connectivity index (χ4n) is 3.26. The number of carbonyl (C=O) groups excluding carboxylic acids is 1. The molecule has 0 aliphatic carbocycles. The zero-order valence-electron chi connectivity index (χ0n) is 14.2. The Bertz CT molecular complexity index is 556. The molecular formula is C18H27ClN2O. The lowest BCUT2D eigenvalue weighted by Crippen LogP contribution is -2.49. The van der Waals surface area contributed by atoms with E-state index >= 15 is 0 Å². The Kier molecular flexibility index (Phi) is 5.18. The summed E-state index contributed by atoms with van der Waals surface area (Å²) in [5.74, 6) is 0.211. The highest BCUT2D eigenvalue weighted by Gasteiger charge is 2.32. The topological polar surface area (TPSA) is 32.3 Å². The molecule has 0 saturated carbocycles. The Morgan fingerprint density at radius 2 is 2.05 bits per heavy atom. The summed E-state index contributed by atoms with van der Waals surface area (Å²) in [6.45, 7) is 9.13. The maximum atomic E-state index is 12.7. The Morgan fingerprint density at radius 1 is 1.36 bits per heavy atom. The molecule has 0 unspecified atom stereocenters. The molecule has 1 fully saturated rings. The summed E-state index contributed by atoms with van der Waals surface area (Å²) >= 11 is 6.22. The molecule has 1 heterocycles. The van der Waals surface area contributed by atoms with E-state index in [-0.39, 0.29) is 11.8 Å².